The lowest BCUT2D eigenvalue weighted by Crippen LogP contribution is -2.38. The molecule has 1 fully saturated rings. The zero-order valence-electron chi connectivity index (χ0n) is 13.4. The van der Waals surface area contributed by atoms with Crippen molar-refractivity contribution in [3.05, 3.63) is 30.1 Å². The molecule has 1 aliphatic heterocycles. The van der Waals surface area contributed by atoms with E-state index in [0.717, 1.165) is 11.8 Å². The van der Waals surface area contributed by atoms with Crippen LogP contribution in [-0.2, 0) is 31.2 Å². The Morgan fingerprint density at radius 3 is 2.75 bits per heavy atom. The Balaban J connectivity index is 1.90. The first-order chi connectivity index (χ1) is 11.2. The van der Waals surface area contributed by atoms with Gasteiger partial charge >= 0.3 is 0 Å². The average molecular weight is 375 g/mol. The van der Waals surface area contributed by atoms with E-state index in [1.54, 1.807) is 24.5 Å². The number of nitrogens with zero attached hydrogens (tertiary/aromatic N) is 2. The highest BCUT2D eigenvalue weighted by Gasteiger charge is 2.29. The fraction of sp³-hybridized carbons (Fsp3) is 0.571. The molecule has 0 bridgehead atoms. The van der Waals surface area contributed by atoms with E-state index in [2.05, 4.69) is 10.3 Å². The molecule has 24 heavy (non-hydrogen) atoms. The normalized spacial score (nSPS) is 20.2. The monoisotopic (exact) mass is 375 g/mol. The van der Waals surface area contributed by atoms with E-state index in [1.165, 1.54) is 4.31 Å². The molecule has 1 saturated heterocycles. The van der Waals surface area contributed by atoms with Gasteiger partial charge in [0.2, 0.25) is 15.9 Å². The standard InChI is InChI=1S/C14H21N3O5S2/c1-23(19,20)17(10-12-3-2-6-15-9-12)7-4-14(18)16-13-5-8-24(21,22)11-13/h2-3,6,9,13H,4-5,7-8,10-11H2,1H3,(H,16,18). The van der Waals surface area contributed by atoms with Gasteiger partial charge in [-0.15, -0.1) is 0 Å². The van der Waals surface area contributed by atoms with Crippen molar-refractivity contribution < 1.29 is 21.6 Å². The van der Waals surface area contributed by atoms with Crippen molar-refractivity contribution >= 4 is 25.8 Å². The van der Waals surface area contributed by atoms with Crippen molar-refractivity contribution in [1.82, 2.24) is 14.6 Å². The number of aromatic nitrogens is 1. The third-order valence-corrected chi connectivity index (χ3v) is 6.75. The van der Waals surface area contributed by atoms with Crippen LogP contribution in [0.4, 0.5) is 0 Å². The minimum absolute atomic E-state index is 0.0239. The summed E-state index contributed by atoms with van der Waals surface area (Å²) in [6.45, 7) is 0.163. The second kappa shape index (κ2) is 7.58. The number of carbonyl (C=O) groups is 1. The Labute approximate surface area is 142 Å². The van der Waals surface area contributed by atoms with Crippen LogP contribution in [0.25, 0.3) is 0 Å². The van der Waals surface area contributed by atoms with Crippen molar-refractivity contribution in [2.45, 2.75) is 25.4 Å². The van der Waals surface area contributed by atoms with Gasteiger partial charge in [0.15, 0.2) is 9.84 Å². The lowest BCUT2D eigenvalue weighted by atomic mass is 10.2. The van der Waals surface area contributed by atoms with Crippen LogP contribution in [0.5, 0.6) is 0 Å². The van der Waals surface area contributed by atoms with Crippen LogP contribution in [0.2, 0.25) is 0 Å². The third kappa shape index (κ3) is 5.84. The van der Waals surface area contributed by atoms with E-state index in [9.17, 15) is 21.6 Å². The van der Waals surface area contributed by atoms with Gasteiger partial charge in [-0.2, -0.15) is 4.31 Å². The van der Waals surface area contributed by atoms with Crippen molar-refractivity contribution in [3.8, 4) is 0 Å². The lowest BCUT2D eigenvalue weighted by Gasteiger charge is -2.20. The summed E-state index contributed by atoms with van der Waals surface area (Å²) >= 11 is 0. The maximum absolute atomic E-state index is 12.0. The predicted molar refractivity (Wildman–Crippen MR) is 89.3 cm³/mol. The van der Waals surface area contributed by atoms with Gasteiger partial charge in [0, 0.05) is 37.9 Å². The van der Waals surface area contributed by atoms with Crippen LogP contribution in [0.1, 0.15) is 18.4 Å². The molecule has 1 atom stereocenters. The maximum Gasteiger partial charge on any atom is 0.221 e. The number of nitrogens with one attached hydrogen (secondary N) is 1. The van der Waals surface area contributed by atoms with Crippen LogP contribution in [0, 0.1) is 0 Å². The van der Waals surface area contributed by atoms with Gasteiger partial charge in [-0.3, -0.25) is 9.78 Å². The van der Waals surface area contributed by atoms with E-state index in [1.807, 2.05) is 0 Å². The van der Waals surface area contributed by atoms with E-state index in [4.69, 9.17) is 0 Å². The molecule has 1 aliphatic rings. The van der Waals surface area contributed by atoms with Gasteiger partial charge in [-0.25, -0.2) is 16.8 Å². The molecule has 2 heterocycles. The molecule has 0 spiro atoms. The highest BCUT2D eigenvalue weighted by Crippen LogP contribution is 2.12. The fourth-order valence-corrected chi connectivity index (χ4v) is 4.97. The molecule has 2 rings (SSSR count). The number of amides is 1. The van der Waals surface area contributed by atoms with E-state index in [0.29, 0.717) is 6.42 Å². The molecule has 1 N–H and O–H groups in total. The maximum atomic E-state index is 12.0. The molecule has 0 saturated carbocycles. The number of sulfone groups is 1. The van der Waals surface area contributed by atoms with E-state index >= 15 is 0 Å². The number of carbonyl (C=O) groups excluding carboxylic acids is 1. The molecule has 8 nitrogen and oxygen atoms in total. The molecule has 0 radical (unpaired) electrons. The molecule has 1 amide bonds. The molecular weight excluding hydrogens is 354 g/mol. The Hall–Kier alpha value is -1.52. The number of sulfonamides is 1. The third-order valence-electron chi connectivity index (χ3n) is 3.74. The number of hydrogen-bond acceptors (Lipinski definition) is 6. The quantitative estimate of drug-likeness (QED) is 0.690. The fourth-order valence-electron chi connectivity index (χ4n) is 2.49. The average Bonchev–Trinajstić information content (AvgIpc) is 2.82. The lowest BCUT2D eigenvalue weighted by molar-refractivity contribution is -0.121. The number of pyridine rings is 1. The first-order valence-electron chi connectivity index (χ1n) is 7.49. The molecule has 1 aromatic rings. The predicted octanol–water partition coefficient (Wildman–Crippen LogP) is -0.463. The smallest absolute Gasteiger partial charge is 0.221 e. The van der Waals surface area contributed by atoms with Crippen molar-refractivity contribution in [2.24, 2.45) is 0 Å². The SMILES string of the molecule is CS(=O)(=O)N(CCC(=O)NC1CCS(=O)(=O)C1)Cc1cccnc1. The Bertz CT molecular complexity index is 778. The minimum Gasteiger partial charge on any atom is -0.352 e. The minimum atomic E-state index is -3.47. The molecule has 0 aromatic carbocycles. The summed E-state index contributed by atoms with van der Waals surface area (Å²) in [4.78, 5) is 15.9. The summed E-state index contributed by atoms with van der Waals surface area (Å²) in [5, 5.41) is 2.65. The Morgan fingerprint density at radius 1 is 1.46 bits per heavy atom. The first-order valence-corrected chi connectivity index (χ1v) is 11.2. The second-order valence-corrected chi connectivity index (χ2v) is 10.1. The molecule has 10 heteroatoms. The summed E-state index contributed by atoms with van der Waals surface area (Å²) < 4.78 is 47.7. The zero-order valence-corrected chi connectivity index (χ0v) is 15.0. The van der Waals surface area contributed by atoms with Gasteiger partial charge in [-0.1, -0.05) is 6.07 Å². The summed E-state index contributed by atoms with van der Waals surface area (Å²) in [5.41, 5.74) is 0.727. The summed E-state index contributed by atoms with van der Waals surface area (Å²) in [5.74, 6) is -0.324. The second-order valence-electron chi connectivity index (χ2n) is 5.88. The zero-order chi connectivity index (χ0) is 17.8. The first kappa shape index (κ1) is 18.8. The van der Waals surface area contributed by atoms with E-state index < -0.39 is 19.9 Å². The van der Waals surface area contributed by atoms with Gasteiger partial charge in [0.05, 0.1) is 17.8 Å². The molecule has 1 unspecified atom stereocenters. The van der Waals surface area contributed by atoms with Gasteiger partial charge in [-0.05, 0) is 18.1 Å². The summed E-state index contributed by atoms with van der Waals surface area (Å²) in [6, 6.07) is 3.09. The van der Waals surface area contributed by atoms with Crippen LogP contribution < -0.4 is 5.32 Å². The number of rotatable bonds is 7. The highest BCUT2D eigenvalue weighted by molar-refractivity contribution is 7.91. The van der Waals surface area contributed by atoms with Crippen molar-refractivity contribution in [2.75, 3.05) is 24.3 Å². The van der Waals surface area contributed by atoms with Crippen LogP contribution in [0.3, 0.4) is 0 Å². The largest absolute Gasteiger partial charge is 0.352 e. The molecular formula is C14H21N3O5S2. The number of hydrogen-bond donors (Lipinski definition) is 1. The Morgan fingerprint density at radius 2 is 2.21 bits per heavy atom. The molecule has 0 aliphatic carbocycles. The van der Waals surface area contributed by atoms with Gasteiger partial charge in [0.1, 0.15) is 0 Å². The van der Waals surface area contributed by atoms with E-state index in [-0.39, 0.29) is 43.0 Å². The van der Waals surface area contributed by atoms with Crippen LogP contribution >= 0.6 is 0 Å². The Kier molecular flexibility index (Phi) is 5.94. The molecule has 134 valence electrons. The van der Waals surface area contributed by atoms with Crippen molar-refractivity contribution in [3.63, 3.8) is 0 Å². The van der Waals surface area contributed by atoms with Crippen LogP contribution in [-0.4, -0.2) is 62.4 Å². The highest BCUT2D eigenvalue weighted by atomic mass is 32.2. The van der Waals surface area contributed by atoms with Gasteiger partial charge < -0.3 is 5.32 Å². The summed E-state index contributed by atoms with van der Waals surface area (Å²) in [6.07, 6.45) is 4.63. The van der Waals surface area contributed by atoms with Crippen LogP contribution in [0.15, 0.2) is 24.5 Å². The van der Waals surface area contributed by atoms with Crippen molar-refractivity contribution in [1.29, 1.82) is 0 Å². The van der Waals surface area contributed by atoms with Gasteiger partial charge in [0.25, 0.3) is 0 Å². The molecule has 1 aromatic heterocycles. The topological polar surface area (TPSA) is 114 Å². The summed E-state index contributed by atoms with van der Waals surface area (Å²) in [7, 11) is -6.54.